The minimum absolute atomic E-state index is 0. The van der Waals surface area contributed by atoms with Gasteiger partial charge in [0.15, 0.2) is 0 Å². The highest BCUT2D eigenvalue weighted by atomic mass is 35.5. The lowest BCUT2D eigenvalue weighted by molar-refractivity contribution is -0.140. The number of hydrogen-bond acceptors (Lipinski definition) is 4. The van der Waals surface area contributed by atoms with E-state index in [1.54, 1.807) is 0 Å². The monoisotopic (exact) mass is 239 g/mol. The first-order valence-electron chi connectivity index (χ1n) is 4.68. The van der Waals surface area contributed by atoms with Gasteiger partial charge < -0.3 is 10.5 Å². The maximum Gasteiger partial charge on any atom is 0.306 e. The van der Waals surface area contributed by atoms with Gasteiger partial charge in [-0.25, -0.2) is 0 Å². The predicted molar refractivity (Wildman–Crippen MR) is 62.0 cm³/mol. The molecule has 0 aromatic heterocycles. The van der Waals surface area contributed by atoms with Crippen LogP contribution in [0, 0.1) is 0 Å². The number of carbonyl (C=O) groups is 1. The molecule has 1 rings (SSSR count). The summed E-state index contributed by atoms with van der Waals surface area (Å²) in [7, 11) is 1.42. The summed E-state index contributed by atoms with van der Waals surface area (Å²) in [5, 5.41) is 0.560. The Balaban J connectivity index is 0.00000169. The first-order valence-corrected chi connectivity index (χ1v) is 5.73. The minimum Gasteiger partial charge on any atom is -0.469 e. The third kappa shape index (κ3) is 4.53. The lowest BCUT2D eigenvalue weighted by atomic mass is 10.3. The summed E-state index contributed by atoms with van der Waals surface area (Å²) in [6.07, 6.45) is 4.07. The predicted octanol–water partition coefficient (Wildman–Crippen LogP) is 1.58. The van der Waals surface area contributed by atoms with E-state index in [4.69, 9.17) is 5.73 Å². The first-order chi connectivity index (χ1) is 6.24. The second-order valence-corrected chi connectivity index (χ2v) is 4.68. The normalized spacial score (nSPS) is 25.6. The van der Waals surface area contributed by atoms with Crippen LogP contribution in [-0.4, -0.2) is 30.1 Å². The van der Waals surface area contributed by atoms with E-state index in [1.807, 2.05) is 11.8 Å². The van der Waals surface area contributed by atoms with Gasteiger partial charge in [-0.15, -0.1) is 12.4 Å². The van der Waals surface area contributed by atoms with Crippen LogP contribution in [0.15, 0.2) is 0 Å². The van der Waals surface area contributed by atoms with Gasteiger partial charge in [-0.3, -0.25) is 4.79 Å². The van der Waals surface area contributed by atoms with Crippen molar-refractivity contribution in [3.63, 3.8) is 0 Å². The van der Waals surface area contributed by atoms with Crippen LogP contribution in [0.5, 0.6) is 0 Å². The second-order valence-electron chi connectivity index (χ2n) is 3.33. The Morgan fingerprint density at radius 3 is 2.79 bits per heavy atom. The summed E-state index contributed by atoms with van der Waals surface area (Å²) in [6, 6.07) is 0.336. The lowest BCUT2D eigenvalue weighted by Gasteiger charge is -2.13. The van der Waals surface area contributed by atoms with Crippen molar-refractivity contribution < 1.29 is 9.53 Å². The number of ether oxygens (including phenoxy) is 1. The van der Waals surface area contributed by atoms with E-state index in [-0.39, 0.29) is 18.4 Å². The van der Waals surface area contributed by atoms with Crippen molar-refractivity contribution >= 4 is 30.1 Å². The zero-order chi connectivity index (χ0) is 9.68. The van der Waals surface area contributed by atoms with E-state index >= 15 is 0 Å². The molecule has 1 fully saturated rings. The number of methoxy groups -OCH3 is 1. The van der Waals surface area contributed by atoms with Gasteiger partial charge in [0.2, 0.25) is 0 Å². The van der Waals surface area contributed by atoms with Gasteiger partial charge in [0, 0.05) is 17.0 Å². The number of halogens is 1. The molecule has 1 aliphatic carbocycles. The summed E-state index contributed by atoms with van der Waals surface area (Å²) in [6.45, 7) is 0. The minimum atomic E-state index is -0.126. The smallest absolute Gasteiger partial charge is 0.306 e. The summed E-state index contributed by atoms with van der Waals surface area (Å²) >= 11 is 1.81. The van der Waals surface area contributed by atoms with Gasteiger partial charge >= 0.3 is 5.97 Å². The Morgan fingerprint density at radius 2 is 2.29 bits per heavy atom. The van der Waals surface area contributed by atoms with Crippen LogP contribution < -0.4 is 5.73 Å². The molecule has 0 saturated heterocycles. The van der Waals surface area contributed by atoms with Crippen molar-refractivity contribution in [2.45, 2.75) is 37.0 Å². The average Bonchev–Trinajstić information content (AvgIpc) is 2.52. The van der Waals surface area contributed by atoms with Crippen LogP contribution in [0.4, 0.5) is 0 Å². The Bertz CT molecular complexity index is 180. The van der Waals surface area contributed by atoms with Gasteiger partial charge in [-0.1, -0.05) is 6.42 Å². The number of thioether (sulfide) groups is 1. The van der Waals surface area contributed by atoms with Crippen LogP contribution in [0.1, 0.15) is 25.7 Å². The summed E-state index contributed by atoms with van der Waals surface area (Å²) in [4.78, 5) is 10.8. The van der Waals surface area contributed by atoms with E-state index in [9.17, 15) is 4.79 Å². The topological polar surface area (TPSA) is 52.3 Å². The van der Waals surface area contributed by atoms with Crippen LogP contribution in [0.3, 0.4) is 0 Å². The van der Waals surface area contributed by atoms with Gasteiger partial charge in [-0.2, -0.15) is 11.8 Å². The molecule has 0 aromatic carbocycles. The second kappa shape index (κ2) is 7.37. The highest BCUT2D eigenvalue weighted by Crippen LogP contribution is 2.28. The van der Waals surface area contributed by atoms with E-state index < -0.39 is 0 Å². The molecule has 2 atom stereocenters. The number of hydrogen-bond donors (Lipinski definition) is 1. The number of rotatable bonds is 4. The fraction of sp³-hybridized carbons (Fsp3) is 0.889. The summed E-state index contributed by atoms with van der Waals surface area (Å²) in [5.41, 5.74) is 5.89. The summed E-state index contributed by atoms with van der Waals surface area (Å²) < 4.78 is 4.56. The molecule has 0 bridgehead atoms. The van der Waals surface area contributed by atoms with Crippen LogP contribution in [0.25, 0.3) is 0 Å². The molecule has 84 valence electrons. The van der Waals surface area contributed by atoms with Gasteiger partial charge in [0.05, 0.1) is 13.5 Å². The molecule has 0 radical (unpaired) electrons. The Kier molecular flexibility index (Phi) is 7.41. The van der Waals surface area contributed by atoms with Crippen LogP contribution >= 0.6 is 24.2 Å². The largest absolute Gasteiger partial charge is 0.469 e. The Hall–Kier alpha value is 0.0700. The molecule has 0 aliphatic heterocycles. The van der Waals surface area contributed by atoms with Gasteiger partial charge in [-0.05, 0) is 12.8 Å². The van der Waals surface area contributed by atoms with Crippen LogP contribution in [0.2, 0.25) is 0 Å². The number of nitrogens with two attached hydrogens (primary N) is 1. The molecule has 0 spiro atoms. The van der Waals surface area contributed by atoms with Gasteiger partial charge in [0.25, 0.3) is 0 Å². The fourth-order valence-corrected chi connectivity index (χ4v) is 2.86. The van der Waals surface area contributed by atoms with Crippen molar-refractivity contribution in [3.8, 4) is 0 Å². The number of carbonyl (C=O) groups excluding carboxylic acids is 1. The molecule has 0 heterocycles. The highest BCUT2D eigenvalue weighted by Gasteiger charge is 2.23. The fourth-order valence-electron chi connectivity index (χ4n) is 1.56. The summed E-state index contributed by atoms with van der Waals surface area (Å²) in [5.74, 6) is 0.712. The highest BCUT2D eigenvalue weighted by molar-refractivity contribution is 8.00. The Labute approximate surface area is 95.5 Å². The standard InChI is InChI=1S/C9H17NO2S.ClH/c1-12-9(11)5-6-13-8-4-2-3-7(8)10;/h7-8H,2-6,10H2,1H3;1H. The maximum absolute atomic E-state index is 10.8. The molecular formula is C9H18ClNO2S. The third-order valence-corrected chi connectivity index (χ3v) is 3.82. The SMILES string of the molecule is COC(=O)CCSC1CCCC1N.Cl. The molecule has 2 unspecified atom stereocenters. The van der Waals surface area contributed by atoms with Crippen molar-refractivity contribution in [1.29, 1.82) is 0 Å². The zero-order valence-electron chi connectivity index (χ0n) is 8.40. The molecule has 1 aliphatic rings. The van der Waals surface area contributed by atoms with E-state index in [2.05, 4.69) is 4.74 Å². The molecule has 3 nitrogen and oxygen atoms in total. The van der Waals surface area contributed by atoms with E-state index in [0.717, 1.165) is 12.2 Å². The average molecular weight is 240 g/mol. The van der Waals surface area contributed by atoms with Gasteiger partial charge in [0.1, 0.15) is 0 Å². The first kappa shape index (κ1) is 14.1. The van der Waals surface area contributed by atoms with E-state index in [1.165, 1.54) is 20.0 Å². The van der Waals surface area contributed by atoms with Crippen LogP contribution in [-0.2, 0) is 9.53 Å². The van der Waals surface area contributed by atoms with Crippen molar-refractivity contribution in [2.24, 2.45) is 5.73 Å². The van der Waals surface area contributed by atoms with E-state index in [0.29, 0.717) is 17.7 Å². The molecule has 1 saturated carbocycles. The molecule has 14 heavy (non-hydrogen) atoms. The van der Waals surface area contributed by atoms with Crippen molar-refractivity contribution in [3.05, 3.63) is 0 Å². The quantitative estimate of drug-likeness (QED) is 0.757. The zero-order valence-corrected chi connectivity index (χ0v) is 10.0. The van der Waals surface area contributed by atoms with Crippen molar-refractivity contribution in [2.75, 3.05) is 12.9 Å². The molecule has 5 heteroatoms. The molecular weight excluding hydrogens is 222 g/mol. The maximum atomic E-state index is 10.8. The lowest BCUT2D eigenvalue weighted by Crippen LogP contribution is -2.26. The molecule has 0 amide bonds. The molecule has 0 aromatic rings. The van der Waals surface area contributed by atoms with Crippen molar-refractivity contribution in [1.82, 2.24) is 0 Å². The molecule has 2 N–H and O–H groups in total. The third-order valence-electron chi connectivity index (χ3n) is 2.37. The number of esters is 1. The Morgan fingerprint density at radius 1 is 1.57 bits per heavy atom.